The zero-order valence-corrected chi connectivity index (χ0v) is 30.7. The van der Waals surface area contributed by atoms with Crippen molar-refractivity contribution in [2.45, 2.75) is 39.8 Å². The maximum atomic E-state index is 12.7. The number of nitrogens with zero attached hydrogens (tertiary/aromatic N) is 4. The lowest BCUT2D eigenvalue weighted by Gasteiger charge is -2.23. The number of carbonyl (C=O) groups is 4. The number of hydrogen-bond acceptors (Lipinski definition) is 10. The Balaban J connectivity index is 1.32. The average Bonchev–Trinajstić information content (AvgIpc) is 3.65. The molecular weight excluding hydrogens is 680 g/mol. The third-order valence-electron chi connectivity index (χ3n) is 8.77. The van der Waals surface area contributed by atoms with E-state index in [9.17, 15) is 19.2 Å². The smallest absolute Gasteiger partial charge is 0.407 e. The van der Waals surface area contributed by atoms with Gasteiger partial charge in [0.1, 0.15) is 31.3 Å². The van der Waals surface area contributed by atoms with Gasteiger partial charge in [-0.05, 0) is 59.2 Å². The fourth-order valence-electron chi connectivity index (χ4n) is 6.16. The Morgan fingerprint density at radius 3 is 2.30 bits per heavy atom. The zero-order chi connectivity index (χ0) is 37.9. The van der Waals surface area contributed by atoms with E-state index in [0.717, 1.165) is 68.7 Å². The maximum absolute atomic E-state index is 12.7. The Morgan fingerprint density at radius 1 is 0.925 bits per heavy atom. The van der Waals surface area contributed by atoms with Crippen molar-refractivity contribution in [3.05, 3.63) is 60.0 Å². The number of fused-ring (bicyclic) bond motifs is 4. The molecule has 15 heteroatoms. The fourth-order valence-corrected chi connectivity index (χ4v) is 6.16. The van der Waals surface area contributed by atoms with E-state index in [1.165, 1.54) is 14.2 Å². The SMILES string of the molecule is CCCN(C/C=N/c1ccc2cc3c(cc2c1NC)OCc1cc(-c2cnc(CN(CCC)C(=O)CNC(=O)OC)[nH]2)ccc1-3)C(=O)CNC(=O)OC. The summed E-state index contributed by atoms with van der Waals surface area (Å²) >= 11 is 0. The van der Waals surface area contributed by atoms with Gasteiger partial charge in [-0.25, -0.2) is 14.6 Å². The average molecular weight is 727 g/mol. The number of alkyl carbamates (subject to hydrolysis) is 2. The van der Waals surface area contributed by atoms with Gasteiger partial charge in [-0.3, -0.25) is 14.6 Å². The molecule has 1 aliphatic rings. The molecule has 5 rings (SSSR count). The van der Waals surface area contributed by atoms with Gasteiger partial charge in [-0.15, -0.1) is 0 Å². The summed E-state index contributed by atoms with van der Waals surface area (Å²) in [6, 6.07) is 14.3. The summed E-state index contributed by atoms with van der Waals surface area (Å²) in [5.74, 6) is 0.943. The molecule has 2 heterocycles. The minimum Gasteiger partial charge on any atom is -0.488 e. The first kappa shape index (κ1) is 38.1. The summed E-state index contributed by atoms with van der Waals surface area (Å²) in [5, 5.41) is 10.1. The molecule has 4 amide bonds. The van der Waals surface area contributed by atoms with Crippen LogP contribution >= 0.6 is 0 Å². The van der Waals surface area contributed by atoms with Crippen LogP contribution in [0.1, 0.15) is 38.1 Å². The number of aromatic nitrogens is 2. The first-order chi connectivity index (χ1) is 25.7. The molecule has 0 bridgehead atoms. The molecule has 1 aliphatic heterocycles. The van der Waals surface area contributed by atoms with Crippen molar-refractivity contribution in [3.8, 4) is 28.1 Å². The minimum atomic E-state index is -0.657. The molecule has 0 aliphatic carbocycles. The Bertz CT molecular complexity index is 1990. The van der Waals surface area contributed by atoms with E-state index in [0.29, 0.717) is 25.5 Å². The van der Waals surface area contributed by atoms with Crippen molar-refractivity contribution in [2.24, 2.45) is 4.99 Å². The highest BCUT2D eigenvalue weighted by Gasteiger charge is 2.22. The standard InChI is InChI=1S/C38H46N8O7/c1-6-13-45(34(47)20-42-37(49)51-4)15-12-40-30-11-9-24-17-29-27-10-8-25(16-26(27)23-53-32(29)18-28(24)36(30)39-3)31-19-41-33(44-31)22-46(14-7-2)35(48)21-43-38(50)52-5/h8-12,16-19,39H,6-7,13-15,20-23H2,1-5H3,(H,41,44)(H,42,49)(H,43,50)/b40-12+. The number of H-pyrrole nitrogens is 1. The van der Waals surface area contributed by atoms with Crippen LogP contribution in [0.4, 0.5) is 21.0 Å². The van der Waals surface area contributed by atoms with Crippen molar-refractivity contribution in [1.29, 1.82) is 0 Å². The molecule has 0 saturated carbocycles. The van der Waals surface area contributed by atoms with Crippen molar-refractivity contribution in [2.75, 3.05) is 59.3 Å². The van der Waals surface area contributed by atoms with E-state index < -0.39 is 12.2 Å². The van der Waals surface area contributed by atoms with Crippen molar-refractivity contribution >= 4 is 52.4 Å². The van der Waals surface area contributed by atoms with E-state index in [-0.39, 0.29) is 38.0 Å². The second kappa shape index (κ2) is 17.9. The fraction of sp³-hybridized carbons (Fsp3) is 0.368. The Hall–Kier alpha value is -6.12. The molecule has 0 fully saturated rings. The zero-order valence-electron chi connectivity index (χ0n) is 30.7. The number of aromatic amines is 1. The molecule has 0 radical (unpaired) electrons. The summed E-state index contributed by atoms with van der Waals surface area (Å²) in [6.07, 6.45) is 3.66. The molecule has 15 nitrogen and oxygen atoms in total. The van der Waals surface area contributed by atoms with Gasteiger partial charge in [0.25, 0.3) is 0 Å². The quantitative estimate of drug-likeness (QED) is 0.120. The summed E-state index contributed by atoms with van der Waals surface area (Å²) in [5.41, 5.74) is 6.40. The number of nitrogens with one attached hydrogen (secondary N) is 4. The number of anilines is 1. The van der Waals surface area contributed by atoms with Crippen LogP contribution in [0.15, 0.2) is 53.7 Å². The number of rotatable bonds is 15. The number of ether oxygens (including phenoxy) is 3. The number of amides is 4. The molecule has 0 unspecified atom stereocenters. The van der Waals surface area contributed by atoms with Gasteiger partial charge in [0, 0.05) is 37.3 Å². The number of aliphatic imine (C=N–C) groups is 1. The lowest BCUT2D eigenvalue weighted by molar-refractivity contribution is -0.131. The summed E-state index contributed by atoms with van der Waals surface area (Å²) in [6.45, 7) is 5.64. The number of benzene rings is 3. The van der Waals surface area contributed by atoms with Crippen LogP contribution in [0.2, 0.25) is 0 Å². The van der Waals surface area contributed by atoms with E-state index in [4.69, 9.17) is 9.73 Å². The highest BCUT2D eigenvalue weighted by atomic mass is 16.5. The van der Waals surface area contributed by atoms with Crippen LogP contribution < -0.4 is 20.7 Å². The third-order valence-corrected chi connectivity index (χ3v) is 8.77. The number of hydrogen-bond donors (Lipinski definition) is 4. The minimum absolute atomic E-state index is 0.154. The van der Waals surface area contributed by atoms with Gasteiger partial charge in [-0.1, -0.05) is 32.0 Å². The molecule has 0 spiro atoms. The van der Waals surface area contributed by atoms with Gasteiger partial charge in [0.15, 0.2) is 0 Å². The molecule has 1 aromatic heterocycles. The van der Waals surface area contributed by atoms with Crippen molar-refractivity contribution < 1.29 is 33.4 Å². The first-order valence-electron chi connectivity index (χ1n) is 17.5. The van der Waals surface area contributed by atoms with Crippen LogP contribution in [0.5, 0.6) is 5.75 Å². The Kier molecular flexibility index (Phi) is 12.9. The molecular formula is C38H46N8O7. The van der Waals surface area contributed by atoms with E-state index in [1.54, 1.807) is 22.2 Å². The topological polar surface area (TPSA) is 180 Å². The summed E-state index contributed by atoms with van der Waals surface area (Å²) in [7, 11) is 4.35. The van der Waals surface area contributed by atoms with Crippen molar-refractivity contribution in [3.63, 3.8) is 0 Å². The predicted molar refractivity (Wildman–Crippen MR) is 202 cm³/mol. The maximum Gasteiger partial charge on any atom is 0.407 e. The lowest BCUT2D eigenvalue weighted by Crippen LogP contribution is -2.41. The predicted octanol–water partition coefficient (Wildman–Crippen LogP) is 5.22. The van der Waals surface area contributed by atoms with Crippen LogP contribution in [0, 0.1) is 0 Å². The molecule has 280 valence electrons. The largest absolute Gasteiger partial charge is 0.488 e. The molecule has 53 heavy (non-hydrogen) atoms. The highest BCUT2D eigenvalue weighted by molar-refractivity contribution is 6.03. The monoisotopic (exact) mass is 726 g/mol. The van der Waals surface area contributed by atoms with Gasteiger partial charge >= 0.3 is 12.2 Å². The van der Waals surface area contributed by atoms with E-state index in [2.05, 4.69) is 53.6 Å². The van der Waals surface area contributed by atoms with Gasteiger partial charge in [0.05, 0.1) is 50.6 Å². The lowest BCUT2D eigenvalue weighted by atomic mass is 9.92. The van der Waals surface area contributed by atoms with E-state index >= 15 is 0 Å². The second-order valence-electron chi connectivity index (χ2n) is 12.3. The van der Waals surface area contributed by atoms with E-state index in [1.807, 2.05) is 45.2 Å². The van der Waals surface area contributed by atoms with Crippen LogP contribution in [0.3, 0.4) is 0 Å². The summed E-state index contributed by atoms with van der Waals surface area (Å²) in [4.78, 5) is 64.1. The first-order valence-corrected chi connectivity index (χ1v) is 17.5. The molecule has 4 N–H and O–H groups in total. The van der Waals surface area contributed by atoms with Gasteiger partial charge < -0.3 is 44.9 Å². The van der Waals surface area contributed by atoms with Gasteiger partial charge in [0.2, 0.25) is 11.8 Å². The van der Waals surface area contributed by atoms with Crippen LogP contribution in [0.25, 0.3) is 33.2 Å². The highest BCUT2D eigenvalue weighted by Crippen LogP contribution is 2.44. The molecule has 3 aromatic carbocycles. The Morgan fingerprint density at radius 2 is 1.62 bits per heavy atom. The molecule has 4 aromatic rings. The second-order valence-corrected chi connectivity index (χ2v) is 12.3. The third kappa shape index (κ3) is 9.22. The van der Waals surface area contributed by atoms with Gasteiger partial charge in [-0.2, -0.15) is 0 Å². The Labute approximate surface area is 308 Å². The normalized spacial score (nSPS) is 11.6. The number of methoxy groups -OCH3 is 2. The van der Waals surface area contributed by atoms with Crippen LogP contribution in [-0.4, -0.2) is 104 Å². The number of carbonyl (C=O) groups excluding carboxylic acids is 4. The summed E-state index contributed by atoms with van der Waals surface area (Å²) < 4.78 is 15.4. The van der Waals surface area contributed by atoms with Crippen molar-refractivity contribution in [1.82, 2.24) is 30.4 Å². The van der Waals surface area contributed by atoms with Crippen LogP contribution in [-0.2, 0) is 32.2 Å². The molecule has 0 atom stereocenters. The number of imidazole rings is 1. The molecule has 0 saturated heterocycles.